The van der Waals surface area contributed by atoms with Gasteiger partial charge in [0.05, 0.1) is 4.90 Å². The van der Waals surface area contributed by atoms with Gasteiger partial charge >= 0.3 is 0 Å². The molecule has 1 aromatic rings. The summed E-state index contributed by atoms with van der Waals surface area (Å²) in [6.45, 7) is 4.60. The third-order valence-corrected chi connectivity index (χ3v) is 7.60. The fourth-order valence-electron chi connectivity index (χ4n) is 4.14. The molecule has 2 saturated carbocycles. The van der Waals surface area contributed by atoms with Crippen molar-refractivity contribution in [3.8, 4) is 0 Å². The van der Waals surface area contributed by atoms with Crippen LogP contribution in [0.25, 0.3) is 0 Å². The lowest BCUT2D eigenvalue weighted by atomic mass is 9.69. The number of carbonyl (C=O) groups is 1. The predicted molar refractivity (Wildman–Crippen MR) is 112 cm³/mol. The van der Waals surface area contributed by atoms with Gasteiger partial charge in [-0.05, 0) is 61.8 Å². The van der Waals surface area contributed by atoms with Crippen LogP contribution in [0.2, 0.25) is 0 Å². The number of aryl methyl sites for hydroxylation is 1. The summed E-state index contributed by atoms with van der Waals surface area (Å²) in [4.78, 5) is 11.8. The molecule has 0 unspecified atom stereocenters. The van der Waals surface area contributed by atoms with Gasteiger partial charge in [0.1, 0.15) is 5.78 Å². The number of carbonyl (C=O) groups excluding carboxylic acids is 1. The van der Waals surface area contributed by atoms with E-state index >= 15 is 0 Å². The normalized spacial score (nSPS) is 19.7. The van der Waals surface area contributed by atoms with Crippen LogP contribution in [0, 0.1) is 12.3 Å². The van der Waals surface area contributed by atoms with E-state index in [-0.39, 0.29) is 11.2 Å². The zero-order valence-corrected chi connectivity index (χ0v) is 17.9. The second kappa shape index (κ2) is 8.77. The molecule has 0 spiro atoms. The lowest BCUT2D eigenvalue weighted by Crippen LogP contribution is -2.46. The van der Waals surface area contributed by atoms with Crippen molar-refractivity contribution in [3.63, 3.8) is 0 Å². The highest BCUT2D eigenvalue weighted by atomic mass is 32.2. The molecule has 0 aliphatic heterocycles. The summed E-state index contributed by atoms with van der Waals surface area (Å²) in [7, 11) is -3.61. The molecule has 5 heteroatoms. The zero-order valence-electron chi connectivity index (χ0n) is 17.0. The standard InChI is InChI=1S/C23H31NO3S/c1-19-11-13-22(14-12-19)28(26,27)24(18-23(2)16-21(25)17-23)15-7-10-20-8-5-3-4-6-9-20/h7,11-14H,3-6,8-9,15-18H2,1-2H3. The number of ketones is 1. The van der Waals surface area contributed by atoms with E-state index in [1.165, 1.54) is 35.6 Å². The van der Waals surface area contributed by atoms with E-state index < -0.39 is 10.0 Å². The van der Waals surface area contributed by atoms with Crippen LogP contribution in [-0.4, -0.2) is 31.6 Å². The van der Waals surface area contributed by atoms with Crippen LogP contribution in [0.3, 0.4) is 0 Å². The number of nitrogens with zero attached hydrogens (tertiary/aromatic N) is 1. The summed E-state index contributed by atoms with van der Waals surface area (Å²) in [5, 5.41) is 0. The molecule has 0 aromatic heterocycles. The average Bonchev–Trinajstić information content (AvgIpc) is 2.89. The summed E-state index contributed by atoms with van der Waals surface area (Å²) in [5.41, 5.74) is 5.44. The van der Waals surface area contributed by atoms with Gasteiger partial charge < -0.3 is 0 Å². The Morgan fingerprint density at radius 2 is 1.68 bits per heavy atom. The minimum Gasteiger partial charge on any atom is -0.300 e. The van der Waals surface area contributed by atoms with Crippen LogP contribution < -0.4 is 0 Å². The lowest BCUT2D eigenvalue weighted by molar-refractivity contribution is -0.132. The number of Topliss-reactive ketones (excluding diaryl/α,β-unsaturated/α-hetero) is 1. The van der Waals surface area contributed by atoms with E-state index in [2.05, 4.69) is 5.73 Å². The third kappa shape index (κ3) is 5.22. The summed E-state index contributed by atoms with van der Waals surface area (Å²) in [6, 6.07) is 6.98. The average molecular weight is 402 g/mol. The van der Waals surface area contributed by atoms with Gasteiger partial charge in [-0.2, -0.15) is 4.31 Å². The molecular weight excluding hydrogens is 370 g/mol. The van der Waals surface area contributed by atoms with Crippen molar-refractivity contribution in [3.05, 3.63) is 47.2 Å². The van der Waals surface area contributed by atoms with Crippen molar-refractivity contribution in [1.82, 2.24) is 4.31 Å². The van der Waals surface area contributed by atoms with Crippen molar-refractivity contribution in [2.45, 2.75) is 70.1 Å². The van der Waals surface area contributed by atoms with Gasteiger partial charge in [0, 0.05) is 25.9 Å². The van der Waals surface area contributed by atoms with E-state index in [1.54, 1.807) is 12.1 Å². The van der Waals surface area contributed by atoms with Crippen LogP contribution in [0.5, 0.6) is 0 Å². The van der Waals surface area contributed by atoms with Crippen molar-refractivity contribution in [2.24, 2.45) is 5.41 Å². The molecule has 0 heterocycles. The molecule has 2 fully saturated rings. The van der Waals surface area contributed by atoms with E-state index in [1.807, 2.05) is 32.1 Å². The van der Waals surface area contributed by atoms with Gasteiger partial charge in [0.2, 0.25) is 10.0 Å². The van der Waals surface area contributed by atoms with Crippen LogP contribution >= 0.6 is 0 Å². The smallest absolute Gasteiger partial charge is 0.243 e. The van der Waals surface area contributed by atoms with Crippen LogP contribution in [-0.2, 0) is 14.8 Å². The van der Waals surface area contributed by atoms with Gasteiger partial charge in [-0.3, -0.25) is 4.79 Å². The molecule has 1 aromatic carbocycles. The SMILES string of the molecule is Cc1ccc(S(=O)(=O)N(CC=C=C2CCCCCC2)CC2(C)CC(=O)C2)cc1. The highest BCUT2D eigenvalue weighted by Crippen LogP contribution is 2.39. The summed E-state index contributed by atoms with van der Waals surface area (Å²) in [5.74, 6) is 0.214. The molecule has 4 nitrogen and oxygen atoms in total. The number of benzene rings is 1. The fourth-order valence-corrected chi connectivity index (χ4v) is 5.67. The minimum absolute atomic E-state index is 0.214. The van der Waals surface area contributed by atoms with E-state index in [4.69, 9.17) is 0 Å². The van der Waals surface area contributed by atoms with Crippen molar-refractivity contribution >= 4 is 15.8 Å². The first kappa shape index (κ1) is 21.0. The number of sulfonamides is 1. The summed E-state index contributed by atoms with van der Waals surface area (Å²) in [6.07, 6.45) is 9.84. The second-order valence-corrected chi connectivity index (χ2v) is 10.6. The Balaban J connectivity index is 1.83. The summed E-state index contributed by atoms with van der Waals surface area (Å²) < 4.78 is 28.1. The Kier molecular flexibility index (Phi) is 6.59. The van der Waals surface area contributed by atoms with E-state index in [0.717, 1.165) is 18.4 Å². The maximum absolute atomic E-state index is 13.3. The molecule has 152 valence electrons. The molecular formula is C23H31NO3S. The molecule has 0 N–H and O–H groups in total. The number of rotatable bonds is 6. The third-order valence-electron chi connectivity index (χ3n) is 5.77. The molecule has 2 aliphatic rings. The highest BCUT2D eigenvalue weighted by molar-refractivity contribution is 7.89. The Hall–Kier alpha value is -1.68. The van der Waals surface area contributed by atoms with Crippen molar-refractivity contribution in [2.75, 3.05) is 13.1 Å². The fraction of sp³-hybridized carbons (Fsp3) is 0.565. The first-order chi connectivity index (χ1) is 13.3. The predicted octanol–water partition coefficient (Wildman–Crippen LogP) is 4.79. The largest absolute Gasteiger partial charge is 0.300 e. The maximum Gasteiger partial charge on any atom is 0.243 e. The molecule has 0 bridgehead atoms. The van der Waals surface area contributed by atoms with Crippen LogP contribution in [0.4, 0.5) is 0 Å². The molecule has 28 heavy (non-hydrogen) atoms. The van der Waals surface area contributed by atoms with Gasteiger partial charge in [0.15, 0.2) is 0 Å². The monoisotopic (exact) mass is 401 g/mol. The Labute approximate surface area is 169 Å². The molecule has 2 aliphatic carbocycles. The molecule has 3 rings (SSSR count). The second-order valence-electron chi connectivity index (χ2n) is 8.68. The van der Waals surface area contributed by atoms with Gasteiger partial charge in [0.25, 0.3) is 0 Å². The van der Waals surface area contributed by atoms with E-state index in [9.17, 15) is 13.2 Å². The number of hydrogen-bond donors (Lipinski definition) is 0. The minimum atomic E-state index is -3.61. The lowest BCUT2D eigenvalue weighted by Gasteiger charge is -2.40. The van der Waals surface area contributed by atoms with Crippen LogP contribution in [0.1, 0.15) is 63.9 Å². The first-order valence-corrected chi connectivity index (χ1v) is 11.7. The van der Waals surface area contributed by atoms with E-state index in [0.29, 0.717) is 30.8 Å². The molecule has 0 radical (unpaired) electrons. The first-order valence-electron chi connectivity index (χ1n) is 10.3. The van der Waals surface area contributed by atoms with Crippen molar-refractivity contribution < 1.29 is 13.2 Å². The van der Waals surface area contributed by atoms with Gasteiger partial charge in [-0.25, -0.2) is 8.42 Å². The highest BCUT2D eigenvalue weighted by Gasteiger charge is 2.42. The molecule has 0 atom stereocenters. The Bertz CT molecular complexity index is 859. The zero-order chi connectivity index (χ0) is 20.2. The maximum atomic E-state index is 13.3. The molecule has 0 amide bonds. The summed E-state index contributed by atoms with van der Waals surface area (Å²) >= 11 is 0. The molecule has 0 saturated heterocycles. The number of hydrogen-bond acceptors (Lipinski definition) is 3. The Morgan fingerprint density at radius 3 is 2.25 bits per heavy atom. The van der Waals surface area contributed by atoms with Gasteiger partial charge in [-0.15, -0.1) is 5.73 Å². The quantitative estimate of drug-likeness (QED) is 0.509. The topological polar surface area (TPSA) is 54.5 Å². The van der Waals surface area contributed by atoms with Gasteiger partial charge in [-0.1, -0.05) is 37.5 Å². The van der Waals surface area contributed by atoms with Crippen molar-refractivity contribution in [1.29, 1.82) is 0 Å². The van der Waals surface area contributed by atoms with Crippen LogP contribution in [0.15, 0.2) is 46.5 Å². The Morgan fingerprint density at radius 1 is 1.07 bits per heavy atom.